The van der Waals surface area contributed by atoms with Crippen LogP contribution in [0.3, 0.4) is 0 Å². The Labute approximate surface area is 538 Å². The molecule has 0 radical (unpaired) electrons. The van der Waals surface area contributed by atoms with Gasteiger partial charge in [0.2, 0.25) is 11.6 Å². The molecule has 2 amide bonds. The number of aromatic nitrogens is 4. The summed E-state index contributed by atoms with van der Waals surface area (Å²) in [5.74, 6) is 1.58. The van der Waals surface area contributed by atoms with E-state index in [-0.39, 0.29) is 45.4 Å². The summed E-state index contributed by atoms with van der Waals surface area (Å²) in [6.45, 7) is 18.3. The Morgan fingerprint density at radius 2 is 1.06 bits per heavy atom. The fourth-order valence-corrected chi connectivity index (χ4v) is 10.4. The van der Waals surface area contributed by atoms with Gasteiger partial charge in [-0.2, -0.15) is 20.7 Å². The van der Waals surface area contributed by atoms with E-state index in [1.54, 1.807) is 116 Å². The summed E-state index contributed by atoms with van der Waals surface area (Å²) in [6.07, 6.45) is 5.11. The van der Waals surface area contributed by atoms with Gasteiger partial charge in [-0.3, -0.25) is 30.0 Å². The monoisotopic (exact) mass is 1270 g/mol. The predicted molar refractivity (Wildman–Crippen MR) is 349 cm³/mol. The Morgan fingerprint density at radius 3 is 1.51 bits per heavy atom. The molecule has 0 atom stereocenters. The number of aromatic hydroxyl groups is 1. The van der Waals surface area contributed by atoms with Gasteiger partial charge in [0.1, 0.15) is 31.1 Å². The van der Waals surface area contributed by atoms with Crippen molar-refractivity contribution in [2.45, 2.75) is 67.6 Å². The number of hydrogen-bond acceptors (Lipinski definition) is 22. The molecule has 486 valence electrons. The number of nitrogens with zero attached hydrogens (tertiary/aromatic N) is 8. The third-order valence-corrected chi connectivity index (χ3v) is 15.4. The number of morpholine rings is 2. The molecule has 26 nitrogen and oxygen atoms in total. The molecule has 12 rings (SSSR count). The van der Waals surface area contributed by atoms with E-state index in [0.29, 0.717) is 141 Å². The van der Waals surface area contributed by atoms with Gasteiger partial charge in [0.25, 0.3) is 0 Å². The molecule has 8 aromatic rings. The molecule has 93 heavy (non-hydrogen) atoms. The number of benzene rings is 4. The number of carbonyl (C=O) groups is 4. The van der Waals surface area contributed by atoms with Crippen LogP contribution in [0, 0.1) is 36.5 Å². The van der Waals surface area contributed by atoms with Crippen LogP contribution < -0.4 is 40.9 Å². The Bertz CT molecular complexity index is 4110. The lowest BCUT2D eigenvalue weighted by atomic mass is 9.80. The highest BCUT2D eigenvalue weighted by Crippen LogP contribution is 2.44. The highest BCUT2D eigenvalue weighted by molar-refractivity contribution is 6.58. The van der Waals surface area contributed by atoms with Gasteiger partial charge in [-0.1, -0.05) is 39.1 Å². The summed E-state index contributed by atoms with van der Waals surface area (Å²) in [4.78, 5) is 53.5. The molecule has 4 aliphatic heterocycles. The molecule has 4 aliphatic rings. The van der Waals surface area contributed by atoms with E-state index in [9.17, 15) is 44.9 Å². The van der Waals surface area contributed by atoms with Crippen LogP contribution in [0.1, 0.15) is 85.5 Å². The average molecular weight is 1270 g/mol. The van der Waals surface area contributed by atoms with Crippen molar-refractivity contribution >= 4 is 81.5 Å². The largest absolute Gasteiger partial charge is 0.504 e. The number of amides is 2. The first-order valence-electron chi connectivity index (χ1n) is 29.2. The van der Waals surface area contributed by atoms with Gasteiger partial charge in [0.15, 0.2) is 34.2 Å². The number of nitrogens with one attached hydrogen (secondary N) is 4. The maximum Gasteiger partial charge on any atom is 0.488 e. The van der Waals surface area contributed by atoms with E-state index in [1.165, 1.54) is 18.5 Å². The Hall–Kier alpha value is -10.3. The predicted octanol–water partition coefficient (Wildman–Crippen LogP) is 9.12. The molecule has 7 N–H and O–H groups in total. The third kappa shape index (κ3) is 15.7. The van der Waals surface area contributed by atoms with Crippen molar-refractivity contribution in [1.82, 2.24) is 29.0 Å². The van der Waals surface area contributed by atoms with Gasteiger partial charge in [-0.15, -0.1) is 0 Å². The molecule has 0 saturated carbocycles. The second-order valence-electron chi connectivity index (χ2n) is 22.5. The molecule has 27 heteroatoms. The molecule has 0 unspecified atom stereocenters. The van der Waals surface area contributed by atoms with Gasteiger partial charge in [0, 0.05) is 61.8 Å². The zero-order valence-electron chi connectivity index (χ0n) is 50.9. The fourth-order valence-electron chi connectivity index (χ4n) is 10.4. The number of carbonyl (C=O) groups excluding carboxylic acids is 4. The molecule has 0 spiro atoms. The molecule has 2 fully saturated rings. The van der Waals surface area contributed by atoms with Crippen LogP contribution in [-0.4, -0.2) is 165 Å². The van der Waals surface area contributed by atoms with Crippen molar-refractivity contribution in [3.05, 3.63) is 143 Å². The number of ether oxygens (including phenoxy) is 7. The van der Waals surface area contributed by atoms with E-state index in [2.05, 4.69) is 53.4 Å². The fraction of sp³-hybridized carbons (Fsp3) is 0.333. The first-order chi connectivity index (χ1) is 43.7. The minimum atomic E-state index is -1.56. The van der Waals surface area contributed by atoms with Crippen LogP contribution in [0.4, 0.5) is 43.7 Å². The third-order valence-electron chi connectivity index (χ3n) is 15.4. The maximum atomic E-state index is 12.6. The zero-order valence-corrected chi connectivity index (χ0v) is 50.9. The summed E-state index contributed by atoms with van der Waals surface area (Å²) < 4.78 is 41.9. The summed E-state index contributed by atoms with van der Waals surface area (Å²) in [5.41, 5.74) is 6.29. The molecule has 2 saturated heterocycles. The van der Waals surface area contributed by atoms with E-state index in [0.717, 1.165) is 31.7 Å². The van der Waals surface area contributed by atoms with E-state index in [1.807, 2.05) is 26.0 Å². The normalized spacial score (nSPS) is 15.1. The number of fused-ring (bicyclic) bond motifs is 4. The maximum absolute atomic E-state index is 12.6. The van der Waals surface area contributed by atoms with E-state index >= 15 is 0 Å². The number of phenols is 1. The van der Waals surface area contributed by atoms with Crippen LogP contribution >= 0.6 is 0 Å². The highest BCUT2D eigenvalue weighted by atomic mass is 16.6. The van der Waals surface area contributed by atoms with Crippen molar-refractivity contribution in [2.24, 2.45) is 0 Å². The Kier molecular flexibility index (Phi) is 22.0. The van der Waals surface area contributed by atoms with Crippen LogP contribution in [0.2, 0.25) is 0 Å². The number of anilines is 6. The van der Waals surface area contributed by atoms with Crippen molar-refractivity contribution in [3.63, 3.8) is 0 Å². The molecule has 8 heterocycles. The minimum absolute atomic E-state index is 0. The minimum Gasteiger partial charge on any atom is -0.504 e. The van der Waals surface area contributed by atoms with Crippen molar-refractivity contribution < 1.29 is 67.5 Å². The second kappa shape index (κ2) is 29.8. The van der Waals surface area contributed by atoms with Crippen LogP contribution in [-0.2, 0) is 18.9 Å². The zero-order chi connectivity index (χ0) is 64.6. The lowest BCUT2D eigenvalue weighted by Crippen LogP contribution is -2.38. The first kappa shape index (κ1) is 68.7. The highest BCUT2D eigenvalue weighted by Gasteiger charge is 2.42. The molecular weight excluding hydrogens is 1200 g/mol. The molecule has 0 bridgehead atoms. The number of nitriles is 2. The quantitative estimate of drug-likeness (QED) is 0.0470. The molecular formula is C66H75BN12O14. The van der Waals surface area contributed by atoms with Crippen molar-refractivity contribution in [3.8, 4) is 40.9 Å². The van der Waals surface area contributed by atoms with Gasteiger partial charge in [-0.25, -0.2) is 18.6 Å². The Balaban J connectivity index is 0.000000200. The number of rotatable bonds is 15. The number of aryl methyl sites for hydroxylation is 2. The van der Waals surface area contributed by atoms with Crippen LogP contribution in [0.15, 0.2) is 110 Å². The lowest BCUT2D eigenvalue weighted by Gasteiger charge is -2.26. The van der Waals surface area contributed by atoms with Gasteiger partial charge in [0.05, 0.1) is 107 Å². The van der Waals surface area contributed by atoms with Gasteiger partial charge in [-0.05, 0) is 108 Å². The number of ketones is 2. The molecule has 4 aromatic heterocycles. The summed E-state index contributed by atoms with van der Waals surface area (Å²) in [7, 11) is -1.56. The molecule has 0 aliphatic carbocycles. The van der Waals surface area contributed by atoms with Crippen LogP contribution in [0.5, 0.6) is 28.7 Å². The smallest absolute Gasteiger partial charge is 0.488 e. The Morgan fingerprint density at radius 1 is 0.634 bits per heavy atom. The molecule has 4 aromatic carbocycles. The topological polar surface area (TPSA) is 330 Å². The SMILES string of the molecule is C.C.CC1(C)Oc2c(O)cccc2C1=O.Cc1c(NC(=O)OCCN2CCOCC2)cn2ncc(C#N)c(Nc3ccc(B(O)O)cc3)c12.Cc1c(NC(=O)OCCN2CCOCC2)cn2ncc(C#N)c(Nc3ccc(Oc4cccc5c4OC(C)(C)C5=O)cc3)c12. The average Bonchev–Trinajstić information content (AvgIpc) is 1.69. The van der Waals surface area contributed by atoms with Crippen molar-refractivity contribution in [2.75, 3.05) is 100 Å². The standard InChI is InChI=1S/C32H32N6O6.C22H25BN6O5.C10H10O3.2CH4/c1-20-25(36-31(40)42-16-13-37-11-14-41-15-12-37)19-38-28(20)27(21(17-33)18-34-38)35-22-7-9-23(10-8-22)43-26-6-4-5-24-29(26)44-32(2,3)30(24)39;1-15-19(27-22(30)34-11-8-28-6-9-33-10-7-28)14-29-21(15)20(16(12-24)13-25-29)26-18-4-2-17(3-5-18)23(31)32;1-10(2)9(12)6-4-3-5-7(11)8(6)13-10;;/h4-10,18-19,35H,11-16H2,1-3H3,(H,36,40);2-5,13-14,26,31-32H,6-11H2,1H3,(H,27,30);3-5,11H,1-2H3;2*1H4. The lowest BCUT2D eigenvalue weighted by molar-refractivity contribution is 0.0288. The van der Waals surface area contributed by atoms with Gasteiger partial charge < -0.3 is 58.9 Å². The number of Topliss-reactive ketones (excluding diaryl/α,β-unsaturated/α-hetero) is 2. The summed E-state index contributed by atoms with van der Waals surface area (Å²) >= 11 is 0. The number of phenolic OH excluding ortho intramolecular Hbond substituents is 1. The summed E-state index contributed by atoms with van der Waals surface area (Å²) in [6, 6.07) is 28.1. The van der Waals surface area contributed by atoms with Crippen LogP contribution in [0.25, 0.3) is 11.0 Å². The number of hydrogen-bond donors (Lipinski definition) is 7. The van der Waals surface area contributed by atoms with Gasteiger partial charge >= 0.3 is 19.3 Å². The van der Waals surface area contributed by atoms with E-state index in [4.69, 9.17) is 33.2 Å². The summed E-state index contributed by atoms with van der Waals surface area (Å²) in [5, 5.41) is 68.2. The first-order valence-corrected chi connectivity index (χ1v) is 29.2. The van der Waals surface area contributed by atoms with Crippen molar-refractivity contribution in [1.29, 1.82) is 10.5 Å². The second-order valence-corrected chi connectivity index (χ2v) is 22.5. The van der Waals surface area contributed by atoms with E-state index < -0.39 is 30.5 Å². The number of para-hydroxylation sites is 2.